The van der Waals surface area contributed by atoms with Crippen LogP contribution in [0.15, 0.2) is 18.2 Å². The molecule has 12 heavy (non-hydrogen) atoms. The molecule has 1 fully saturated rings. The summed E-state index contributed by atoms with van der Waals surface area (Å²) in [5.74, 6) is 1.75. The SMILES string of the molecule is COc1ccc2c(c1)C1CC1N2. The predicted molar refractivity (Wildman–Crippen MR) is 47.8 cm³/mol. The predicted octanol–water partition coefficient (Wildman–Crippen LogP) is 1.98. The van der Waals surface area contributed by atoms with Crippen LogP contribution in [-0.4, -0.2) is 13.2 Å². The molecule has 0 saturated heterocycles. The molecule has 0 amide bonds. The highest BCUT2D eigenvalue weighted by molar-refractivity contribution is 5.65. The van der Waals surface area contributed by atoms with Gasteiger partial charge in [0, 0.05) is 17.6 Å². The Balaban J connectivity index is 2.09. The lowest BCUT2D eigenvalue weighted by Gasteiger charge is -2.05. The zero-order valence-electron chi connectivity index (χ0n) is 7.00. The first-order chi connectivity index (χ1) is 5.88. The normalized spacial score (nSPS) is 28.8. The number of ether oxygens (including phenoxy) is 1. The van der Waals surface area contributed by atoms with Gasteiger partial charge in [-0.2, -0.15) is 0 Å². The van der Waals surface area contributed by atoms with Gasteiger partial charge in [-0.1, -0.05) is 0 Å². The van der Waals surface area contributed by atoms with Gasteiger partial charge >= 0.3 is 0 Å². The fourth-order valence-corrected chi connectivity index (χ4v) is 2.00. The molecule has 2 nitrogen and oxygen atoms in total. The molecule has 2 atom stereocenters. The third kappa shape index (κ3) is 0.697. The maximum atomic E-state index is 5.18. The van der Waals surface area contributed by atoms with Gasteiger partial charge in [0.2, 0.25) is 0 Å². The van der Waals surface area contributed by atoms with Crippen molar-refractivity contribution in [1.82, 2.24) is 0 Å². The molecule has 0 bridgehead atoms. The van der Waals surface area contributed by atoms with Crippen LogP contribution in [0.1, 0.15) is 17.9 Å². The average molecular weight is 161 g/mol. The maximum absolute atomic E-state index is 5.18. The van der Waals surface area contributed by atoms with Crippen LogP contribution in [-0.2, 0) is 0 Å². The molecule has 3 rings (SSSR count). The summed E-state index contributed by atoms with van der Waals surface area (Å²) in [5.41, 5.74) is 2.75. The molecule has 1 saturated carbocycles. The Morgan fingerprint density at radius 2 is 2.42 bits per heavy atom. The van der Waals surface area contributed by atoms with Crippen LogP contribution in [0.3, 0.4) is 0 Å². The lowest BCUT2D eigenvalue weighted by atomic mass is 10.1. The summed E-state index contributed by atoms with van der Waals surface area (Å²) in [6.45, 7) is 0. The third-order valence-corrected chi connectivity index (χ3v) is 2.79. The van der Waals surface area contributed by atoms with Crippen molar-refractivity contribution in [1.29, 1.82) is 0 Å². The van der Waals surface area contributed by atoms with Gasteiger partial charge in [0.1, 0.15) is 5.75 Å². The van der Waals surface area contributed by atoms with Crippen LogP contribution in [0.2, 0.25) is 0 Å². The van der Waals surface area contributed by atoms with Gasteiger partial charge in [-0.3, -0.25) is 0 Å². The Kier molecular flexibility index (Phi) is 1.03. The first kappa shape index (κ1) is 6.35. The number of hydrogen-bond acceptors (Lipinski definition) is 2. The van der Waals surface area contributed by atoms with Crippen molar-refractivity contribution in [2.24, 2.45) is 0 Å². The Bertz CT molecular complexity index is 335. The number of anilines is 1. The standard InChI is InChI=1S/C10H11NO/c1-12-6-2-3-9-7(4-6)8-5-10(8)11-9/h2-4,8,10-11H,5H2,1H3. The van der Waals surface area contributed by atoms with Crippen LogP contribution < -0.4 is 10.1 Å². The summed E-state index contributed by atoms with van der Waals surface area (Å²) in [7, 11) is 1.72. The van der Waals surface area contributed by atoms with Crippen LogP contribution in [0.4, 0.5) is 5.69 Å². The minimum atomic E-state index is 0.729. The molecule has 1 aliphatic heterocycles. The summed E-state index contributed by atoms with van der Waals surface area (Å²) in [6.07, 6.45) is 1.31. The summed E-state index contributed by atoms with van der Waals surface area (Å²) in [4.78, 5) is 0. The molecule has 62 valence electrons. The van der Waals surface area contributed by atoms with Crippen molar-refractivity contribution in [3.05, 3.63) is 23.8 Å². The fourth-order valence-electron chi connectivity index (χ4n) is 2.00. The smallest absolute Gasteiger partial charge is 0.119 e. The fraction of sp³-hybridized carbons (Fsp3) is 0.400. The van der Waals surface area contributed by atoms with Gasteiger partial charge in [0.15, 0.2) is 0 Å². The van der Waals surface area contributed by atoms with Crippen molar-refractivity contribution < 1.29 is 4.74 Å². The molecule has 2 heteroatoms. The molecule has 1 aromatic rings. The van der Waals surface area contributed by atoms with E-state index in [9.17, 15) is 0 Å². The second kappa shape index (κ2) is 1.94. The van der Waals surface area contributed by atoms with Gasteiger partial charge in [-0.15, -0.1) is 0 Å². The van der Waals surface area contributed by atoms with Crippen molar-refractivity contribution in [3.63, 3.8) is 0 Å². The second-order valence-corrected chi connectivity index (χ2v) is 3.55. The van der Waals surface area contributed by atoms with Crippen LogP contribution in [0.25, 0.3) is 0 Å². The highest BCUT2D eigenvalue weighted by Gasteiger charge is 2.45. The Hall–Kier alpha value is -1.18. The minimum Gasteiger partial charge on any atom is -0.497 e. The number of methoxy groups -OCH3 is 1. The first-order valence-corrected chi connectivity index (χ1v) is 4.33. The topological polar surface area (TPSA) is 21.3 Å². The molecule has 0 radical (unpaired) electrons. The Labute approximate surface area is 71.5 Å². The van der Waals surface area contributed by atoms with Gasteiger partial charge < -0.3 is 10.1 Å². The largest absolute Gasteiger partial charge is 0.497 e. The third-order valence-electron chi connectivity index (χ3n) is 2.79. The van der Waals surface area contributed by atoms with Gasteiger partial charge in [-0.25, -0.2) is 0 Å². The number of nitrogens with one attached hydrogen (secondary N) is 1. The summed E-state index contributed by atoms with van der Waals surface area (Å²) < 4.78 is 5.18. The molecule has 0 aromatic heterocycles. The zero-order valence-corrected chi connectivity index (χ0v) is 7.00. The number of benzene rings is 1. The molecular weight excluding hydrogens is 150 g/mol. The van der Waals surface area contributed by atoms with E-state index in [-0.39, 0.29) is 0 Å². The zero-order chi connectivity index (χ0) is 8.13. The van der Waals surface area contributed by atoms with Crippen LogP contribution >= 0.6 is 0 Å². The highest BCUT2D eigenvalue weighted by atomic mass is 16.5. The molecule has 1 aromatic carbocycles. The van der Waals surface area contributed by atoms with Gasteiger partial charge in [0.05, 0.1) is 7.11 Å². The van der Waals surface area contributed by atoms with E-state index in [1.165, 1.54) is 17.7 Å². The summed E-state index contributed by atoms with van der Waals surface area (Å²) in [5, 5.41) is 3.47. The van der Waals surface area contributed by atoms with E-state index in [4.69, 9.17) is 4.74 Å². The maximum Gasteiger partial charge on any atom is 0.119 e. The molecule has 1 heterocycles. The Morgan fingerprint density at radius 3 is 3.25 bits per heavy atom. The van der Waals surface area contributed by atoms with Crippen LogP contribution in [0, 0.1) is 0 Å². The Morgan fingerprint density at radius 1 is 1.50 bits per heavy atom. The monoisotopic (exact) mass is 161 g/mol. The average Bonchev–Trinajstić information content (AvgIpc) is 2.79. The molecule has 2 unspecified atom stereocenters. The summed E-state index contributed by atoms with van der Waals surface area (Å²) in [6, 6.07) is 7.00. The lowest BCUT2D eigenvalue weighted by molar-refractivity contribution is 0.414. The van der Waals surface area contributed by atoms with Crippen molar-refractivity contribution in [2.45, 2.75) is 18.4 Å². The highest BCUT2D eigenvalue weighted by Crippen LogP contribution is 2.52. The number of rotatable bonds is 1. The number of hydrogen-bond donors (Lipinski definition) is 1. The van der Waals surface area contributed by atoms with Crippen molar-refractivity contribution in [2.75, 3.05) is 12.4 Å². The second-order valence-electron chi connectivity index (χ2n) is 3.55. The molecule has 1 aliphatic carbocycles. The van der Waals surface area contributed by atoms with E-state index in [2.05, 4.69) is 17.4 Å². The summed E-state index contributed by atoms with van der Waals surface area (Å²) >= 11 is 0. The molecule has 1 N–H and O–H groups in total. The van der Waals surface area contributed by atoms with E-state index >= 15 is 0 Å². The first-order valence-electron chi connectivity index (χ1n) is 4.33. The van der Waals surface area contributed by atoms with Gasteiger partial charge in [-0.05, 0) is 30.2 Å². The molecule has 0 spiro atoms. The molecular formula is C10H11NO. The van der Waals surface area contributed by atoms with Gasteiger partial charge in [0.25, 0.3) is 0 Å². The van der Waals surface area contributed by atoms with E-state index in [1.807, 2.05) is 6.07 Å². The number of fused-ring (bicyclic) bond motifs is 3. The van der Waals surface area contributed by atoms with E-state index in [1.54, 1.807) is 7.11 Å². The lowest BCUT2D eigenvalue weighted by Crippen LogP contribution is -1.95. The van der Waals surface area contributed by atoms with Crippen molar-refractivity contribution >= 4 is 5.69 Å². The van der Waals surface area contributed by atoms with Crippen molar-refractivity contribution in [3.8, 4) is 5.75 Å². The van der Waals surface area contributed by atoms with E-state index in [0.29, 0.717) is 0 Å². The minimum absolute atomic E-state index is 0.729. The van der Waals surface area contributed by atoms with Crippen LogP contribution in [0.5, 0.6) is 5.75 Å². The quantitative estimate of drug-likeness (QED) is 0.680. The van der Waals surface area contributed by atoms with E-state index in [0.717, 1.165) is 17.7 Å². The van der Waals surface area contributed by atoms with E-state index < -0.39 is 0 Å². The molecule has 2 aliphatic rings.